The third-order valence-corrected chi connectivity index (χ3v) is 6.08. The van der Waals surface area contributed by atoms with Crippen molar-refractivity contribution >= 4 is 43.5 Å². The fourth-order valence-corrected chi connectivity index (χ4v) is 3.44. The van der Waals surface area contributed by atoms with Gasteiger partial charge in [-0.25, -0.2) is 12.7 Å². The molecule has 0 radical (unpaired) electrons. The molecule has 0 heterocycles. The zero-order valence-corrected chi connectivity index (χ0v) is 16.2. The second-order valence-electron chi connectivity index (χ2n) is 5.24. The minimum atomic E-state index is -3.45. The van der Waals surface area contributed by atoms with Crippen LogP contribution in [0.25, 0.3) is 0 Å². The highest BCUT2D eigenvalue weighted by molar-refractivity contribution is 9.10. The van der Waals surface area contributed by atoms with E-state index in [-0.39, 0.29) is 17.3 Å². The first-order valence-electron chi connectivity index (χ1n) is 6.96. The number of hydrogen-bond acceptors (Lipinski definition) is 3. The van der Waals surface area contributed by atoms with Crippen molar-refractivity contribution < 1.29 is 13.2 Å². The molecule has 0 bridgehead atoms. The van der Waals surface area contributed by atoms with Gasteiger partial charge in [-0.1, -0.05) is 23.7 Å². The highest BCUT2D eigenvalue weighted by Gasteiger charge is 2.16. The Morgan fingerprint density at radius 3 is 2.38 bits per heavy atom. The summed E-state index contributed by atoms with van der Waals surface area (Å²) >= 11 is 9.21. The number of carbonyl (C=O) groups excluding carboxylic acids is 1. The Morgan fingerprint density at radius 2 is 1.79 bits per heavy atom. The van der Waals surface area contributed by atoms with E-state index in [0.29, 0.717) is 15.1 Å². The molecule has 2 aromatic rings. The molecule has 128 valence electrons. The molecule has 0 unspecified atom stereocenters. The van der Waals surface area contributed by atoms with Crippen molar-refractivity contribution in [3.8, 4) is 0 Å². The molecule has 5 nitrogen and oxygen atoms in total. The number of amides is 1. The SMILES string of the molecule is CN(C)S(=O)(=O)c1ccc(CNC(=O)c2cc(Cl)ccc2Br)cc1. The molecule has 2 rings (SSSR count). The molecule has 0 aliphatic carbocycles. The monoisotopic (exact) mass is 430 g/mol. The lowest BCUT2D eigenvalue weighted by molar-refractivity contribution is 0.0950. The molecular weight excluding hydrogens is 416 g/mol. The van der Waals surface area contributed by atoms with E-state index >= 15 is 0 Å². The van der Waals surface area contributed by atoms with Gasteiger partial charge in [-0.2, -0.15) is 0 Å². The molecule has 0 saturated heterocycles. The lowest BCUT2D eigenvalue weighted by atomic mass is 10.2. The number of benzene rings is 2. The molecule has 1 amide bonds. The third-order valence-electron chi connectivity index (χ3n) is 3.33. The van der Waals surface area contributed by atoms with Crippen LogP contribution in [0.3, 0.4) is 0 Å². The van der Waals surface area contributed by atoms with Crippen LogP contribution in [-0.2, 0) is 16.6 Å². The maximum atomic E-state index is 12.2. The van der Waals surface area contributed by atoms with Gasteiger partial charge in [-0.05, 0) is 51.8 Å². The average Bonchev–Trinajstić information content (AvgIpc) is 2.55. The average molecular weight is 432 g/mol. The van der Waals surface area contributed by atoms with Crippen LogP contribution >= 0.6 is 27.5 Å². The molecule has 2 aromatic carbocycles. The number of nitrogens with zero attached hydrogens (tertiary/aromatic N) is 1. The first-order chi connectivity index (χ1) is 11.2. The predicted octanol–water partition coefficient (Wildman–Crippen LogP) is 3.28. The fraction of sp³-hybridized carbons (Fsp3) is 0.188. The number of hydrogen-bond donors (Lipinski definition) is 1. The first kappa shape index (κ1) is 18.9. The van der Waals surface area contributed by atoms with E-state index < -0.39 is 10.0 Å². The molecule has 1 N–H and O–H groups in total. The van der Waals surface area contributed by atoms with Crippen LogP contribution in [0.4, 0.5) is 0 Å². The van der Waals surface area contributed by atoms with E-state index in [0.717, 1.165) is 9.87 Å². The van der Waals surface area contributed by atoms with Crippen molar-refractivity contribution in [3.05, 3.63) is 63.1 Å². The van der Waals surface area contributed by atoms with Crippen LogP contribution < -0.4 is 5.32 Å². The van der Waals surface area contributed by atoms with Gasteiger partial charge in [-0.3, -0.25) is 4.79 Å². The van der Waals surface area contributed by atoms with Gasteiger partial charge in [0.15, 0.2) is 0 Å². The summed E-state index contributed by atoms with van der Waals surface area (Å²) in [6, 6.07) is 11.4. The quantitative estimate of drug-likeness (QED) is 0.790. The second-order valence-corrected chi connectivity index (χ2v) is 8.68. The summed E-state index contributed by atoms with van der Waals surface area (Å²) in [6.07, 6.45) is 0. The van der Waals surface area contributed by atoms with Crippen molar-refractivity contribution in [2.75, 3.05) is 14.1 Å². The van der Waals surface area contributed by atoms with Gasteiger partial charge in [0.05, 0.1) is 10.5 Å². The molecule has 0 aliphatic rings. The van der Waals surface area contributed by atoms with Crippen molar-refractivity contribution in [1.82, 2.24) is 9.62 Å². The number of rotatable bonds is 5. The summed E-state index contributed by atoms with van der Waals surface area (Å²) in [5.74, 6) is -0.269. The second kappa shape index (κ2) is 7.65. The van der Waals surface area contributed by atoms with E-state index in [2.05, 4.69) is 21.2 Å². The zero-order valence-electron chi connectivity index (χ0n) is 13.1. The third kappa shape index (κ3) is 4.36. The molecule has 0 spiro atoms. The van der Waals surface area contributed by atoms with Gasteiger partial charge in [0.25, 0.3) is 5.91 Å². The molecule has 0 aliphatic heterocycles. The van der Waals surface area contributed by atoms with Crippen molar-refractivity contribution in [2.24, 2.45) is 0 Å². The molecule has 0 saturated carbocycles. The largest absolute Gasteiger partial charge is 0.348 e. The van der Waals surface area contributed by atoms with Crippen molar-refractivity contribution in [1.29, 1.82) is 0 Å². The molecule has 24 heavy (non-hydrogen) atoms. The lowest BCUT2D eigenvalue weighted by Crippen LogP contribution is -2.24. The molecule has 0 atom stereocenters. The van der Waals surface area contributed by atoms with E-state index in [1.807, 2.05) is 0 Å². The van der Waals surface area contributed by atoms with E-state index in [1.165, 1.54) is 26.2 Å². The smallest absolute Gasteiger partial charge is 0.252 e. The summed E-state index contributed by atoms with van der Waals surface area (Å²) in [5, 5.41) is 3.25. The summed E-state index contributed by atoms with van der Waals surface area (Å²) in [6.45, 7) is 0.278. The van der Waals surface area contributed by atoms with Gasteiger partial charge >= 0.3 is 0 Å². The first-order valence-corrected chi connectivity index (χ1v) is 9.57. The highest BCUT2D eigenvalue weighted by atomic mass is 79.9. The summed E-state index contributed by atoms with van der Waals surface area (Å²) in [7, 11) is -0.496. The van der Waals surface area contributed by atoms with E-state index in [1.54, 1.807) is 30.3 Å². The normalized spacial score (nSPS) is 11.5. The van der Waals surface area contributed by atoms with Crippen LogP contribution in [0.2, 0.25) is 5.02 Å². The number of sulfonamides is 1. The van der Waals surface area contributed by atoms with Crippen LogP contribution in [0.5, 0.6) is 0 Å². The van der Waals surface area contributed by atoms with Gasteiger partial charge in [0, 0.05) is 30.1 Å². The van der Waals surface area contributed by atoms with Gasteiger partial charge in [0.1, 0.15) is 0 Å². The van der Waals surface area contributed by atoms with Crippen LogP contribution in [0.15, 0.2) is 51.8 Å². The zero-order chi connectivity index (χ0) is 17.9. The maximum Gasteiger partial charge on any atom is 0.252 e. The van der Waals surface area contributed by atoms with Gasteiger partial charge in [0.2, 0.25) is 10.0 Å². The Labute approximate surface area is 154 Å². The number of halogens is 2. The lowest BCUT2D eigenvalue weighted by Gasteiger charge is -2.12. The Morgan fingerprint density at radius 1 is 1.17 bits per heavy atom. The number of carbonyl (C=O) groups is 1. The standard InChI is InChI=1S/C16H16BrClN2O3S/c1-20(2)24(22,23)13-6-3-11(4-7-13)10-19-16(21)14-9-12(18)5-8-15(14)17/h3-9H,10H2,1-2H3,(H,19,21). The minimum absolute atomic E-state index is 0.208. The molecule has 0 aromatic heterocycles. The molecule has 0 fully saturated rings. The minimum Gasteiger partial charge on any atom is -0.348 e. The summed E-state index contributed by atoms with van der Waals surface area (Å²) in [5.41, 5.74) is 1.23. The molecular formula is C16H16BrClN2O3S. The predicted molar refractivity (Wildman–Crippen MR) is 97.6 cm³/mol. The Bertz CT molecular complexity index is 852. The van der Waals surface area contributed by atoms with E-state index in [4.69, 9.17) is 11.6 Å². The van der Waals surface area contributed by atoms with Crippen LogP contribution in [0, 0.1) is 0 Å². The molecule has 8 heteroatoms. The topological polar surface area (TPSA) is 66.5 Å². The van der Waals surface area contributed by atoms with Gasteiger partial charge in [-0.15, -0.1) is 0 Å². The Kier molecular flexibility index (Phi) is 6.03. The van der Waals surface area contributed by atoms with E-state index in [9.17, 15) is 13.2 Å². The van der Waals surface area contributed by atoms with Gasteiger partial charge < -0.3 is 5.32 Å². The Hall–Kier alpha value is -1.41. The summed E-state index contributed by atoms with van der Waals surface area (Å²) < 4.78 is 25.8. The maximum absolute atomic E-state index is 12.2. The van der Waals surface area contributed by atoms with Crippen LogP contribution in [-0.4, -0.2) is 32.7 Å². The van der Waals surface area contributed by atoms with Crippen molar-refractivity contribution in [3.63, 3.8) is 0 Å². The fourth-order valence-electron chi connectivity index (χ4n) is 1.94. The van der Waals surface area contributed by atoms with Crippen LogP contribution in [0.1, 0.15) is 15.9 Å². The van der Waals surface area contributed by atoms with Crippen molar-refractivity contribution in [2.45, 2.75) is 11.4 Å². The number of nitrogens with one attached hydrogen (secondary N) is 1. The summed E-state index contributed by atoms with van der Waals surface area (Å²) in [4.78, 5) is 12.4. The Balaban J connectivity index is 2.07. The highest BCUT2D eigenvalue weighted by Crippen LogP contribution is 2.21.